The fourth-order valence-electron chi connectivity index (χ4n) is 2.68. The standard InChI is InChI=1S/C20H15NO3S2/c22-19-18(26-20(25)21(19)12-15-5-2-1-3-6-15)8-4-7-14-9-10-16-17(11-14)24-13-23-16/h1-11H,12-13H2/b7-4+,18-8+. The second-order valence-corrected chi connectivity index (χ2v) is 7.42. The Morgan fingerprint density at radius 2 is 1.92 bits per heavy atom. The van der Waals surface area contributed by atoms with Crippen LogP contribution in [0.2, 0.25) is 0 Å². The van der Waals surface area contributed by atoms with Crippen molar-refractivity contribution in [2.75, 3.05) is 6.79 Å². The zero-order valence-corrected chi connectivity index (χ0v) is 15.4. The lowest BCUT2D eigenvalue weighted by molar-refractivity contribution is -0.122. The van der Waals surface area contributed by atoms with Crippen LogP contribution in [0.15, 0.2) is 65.6 Å². The van der Waals surface area contributed by atoms with Gasteiger partial charge in [0, 0.05) is 0 Å². The summed E-state index contributed by atoms with van der Waals surface area (Å²) < 4.78 is 11.3. The maximum absolute atomic E-state index is 12.6. The molecule has 1 fully saturated rings. The van der Waals surface area contributed by atoms with Crippen LogP contribution in [-0.4, -0.2) is 21.9 Å². The third-order valence-corrected chi connectivity index (χ3v) is 5.39. The smallest absolute Gasteiger partial charge is 0.266 e. The molecule has 0 bridgehead atoms. The summed E-state index contributed by atoms with van der Waals surface area (Å²) in [5, 5.41) is 0. The number of nitrogens with zero attached hydrogens (tertiary/aromatic N) is 1. The van der Waals surface area contributed by atoms with Crippen molar-refractivity contribution < 1.29 is 14.3 Å². The molecular formula is C20H15NO3S2. The molecule has 0 N–H and O–H groups in total. The third-order valence-electron chi connectivity index (χ3n) is 3.99. The Kier molecular flexibility index (Phi) is 4.77. The van der Waals surface area contributed by atoms with Gasteiger partial charge in [0.2, 0.25) is 6.79 Å². The number of carbonyl (C=O) groups is 1. The summed E-state index contributed by atoms with van der Waals surface area (Å²) in [6, 6.07) is 15.6. The predicted molar refractivity (Wildman–Crippen MR) is 107 cm³/mol. The molecule has 4 rings (SSSR count). The molecule has 0 saturated carbocycles. The normalized spacial score (nSPS) is 17.7. The van der Waals surface area contributed by atoms with Gasteiger partial charge in [0.05, 0.1) is 11.4 Å². The summed E-state index contributed by atoms with van der Waals surface area (Å²) in [6.07, 6.45) is 5.58. The zero-order chi connectivity index (χ0) is 17.9. The summed E-state index contributed by atoms with van der Waals surface area (Å²) in [6.45, 7) is 0.751. The first-order chi connectivity index (χ1) is 12.7. The number of allylic oxidation sites excluding steroid dienone is 2. The van der Waals surface area contributed by atoms with Gasteiger partial charge >= 0.3 is 0 Å². The minimum Gasteiger partial charge on any atom is -0.454 e. The highest BCUT2D eigenvalue weighted by Gasteiger charge is 2.31. The molecule has 1 amide bonds. The van der Waals surface area contributed by atoms with Gasteiger partial charge in [-0.3, -0.25) is 9.69 Å². The molecule has 2 aromatic carbocycles. The number of hydrogen-bond donors (Lipinski definition) is 0. The zero-order valence-electron chi connectivity index (χ0n) is 13.8. The Bertz CT molecular complexity index is 922. The summed E-state index contributed by atoms with van der Waals surface area (Å²) in [5.74, 6) is 1.43. The van der Waals surface area contributed by atoms with E-state index in [1.165, 1.54) is 11.8 Å². The maximum Gasteiger partial charge on any atom is 0.266 e. The molecular weight excluding hydrogens is 366 g/mol. The van der Waals surface area contributed by atoms with Crippen LogP contribution in [0.25, 0.3) is 6.08 Å². The monoisotopic (exact) mass is 381 g/mol. The molecule has 0 spiro atoms. The molecule has 2 aliphatic rings. The maximum atomic E-state index is 12.6. The van der Waals surface area contributed by atoms with Crippen molar-refractivity contribution in [2.24, 2.45) is 0 Å². The lowest BCUT2D eigenvalue weighted by Crippen LogP contribution is -2.27. The number of thioether (sulfide) groups is 1. The Morgan fingerprint density at radius 3 is 2.77 bits per heavy atom. The molecule has 6 heteroatoms. The molecule has 0 radical (unpaired) electrons. The number of amides is 1. The largest absolute Gasteiger partial charge is 0.454 e. The van der Waals surface area contributed by atoms with Crippen molar-refractivity contribution >= 4 is 40.3 Å². The topological polar surface area (TPSA) is 38.8 Å². The summed E-state index contributed by atoms with van der Waals surface area (Å²) in [4.78, 5) is 14.9. The number of thiocarbonyl (C=S) groups is 1. The molecule has 26 heavy (non-hydrogen) atoms. The first kappa shape index (κ1) is 16.9. The van der Waals surface area contributed by atoms with E-state index in [1.807, 2.05) is 60.7 Å². The van der Waals surface area contributed by atoms with E-state index >= 15 is 0 Å². The molecule has 0 atom stereocenters. The fraction of sp³-hybridized carbons (Fsp3) is 0.100. The van der Waals surface area contributed by atoms with E-state index in [9.17, 15) is 4.79 Å². The molecule has 2 aromatic rings. The van der Waals surface area contributed by atoms with Crippen molar-refractivity contribution in [3.8, 4) is 11.5 Å². The van der Waals surface area contributed by atoms with Gasteiger partial charge < -0.3 is 9.47 Å². The van der Waals surface area contributed by atoms with E-state index in [0.29, 0.717) is 15.8 Å². The first-order valence-corrected chi connectivity index (χ1v) is 9.29. The average molecular weight is 381 g/mol. The molecule has 0 aliphatic carbocycles. The molecule has 4 nitrogen and oxygen atoms in total. The number of benzene rings is 2. The molecule has 2 aliphatic heterocycles. The molecule has 130 valence electrons. The van der Waals surface area contributed by atoms with Gasteiger partial charge in [-0.15, -0.1) is 0 Å². The molecule has 0 unspecified atom stereocenters. The highest BCUT2D eigenvalue weighted by atomic mass is 32.2. The predicted octanol–water partition coefficient (Wildman–Crippen LogP) is 4.37. The van der Waals surface area contributed by atoms with Gasteiger partial charge in [0.25, 0.3) is 5.91 Å². The van der Waals surface area contributed by atoms with Gasteiger partial charge in [-0.25, -0.2) is 0 Å². The minimum absolute atomic E-state index is 0.0563. The van der Waals surface area contributed by atoms with Crippen molar-refractivity contribution in [1.82, 2.24) is 4.90 Å². The van der Waals surface area contributed by atoms with Gasteiger partial charge in [-0.1, -0.05) is 72.5 Å². The van der Waals surface area contributed by atoms with Gasteiger partial charge in [0.1, 0.15) is 4.32 Å². The van der Waals surface area contributed by atoms with Gasteiger partial charge in [-0.05, 0) is 29.3 Å². The summed E-state index contributed by atoms with van der Waals surface area (Å²) in [5.41, 5.74) is 2.03. The van der Waals surface area contributed by atoms with E-state index in [0.717, 1.165) is 22.6 Å². The summed E-state index contributed by atoms with van der Waals surface area (Å²) >= 11 is 6.69. The number of rotatable bonds is 4. The number of fused-ring (bicyclic) bond motifs is 1. The fourth-order valence-corrected chi connectivity index (χ4v) is 3.89. The van der Waals surface area contributed by atoms with E-state index in [2.05, 4.69) is 0 Å². The number of ether oxygens (including phenoxy) is 2. The molecule has 1 saturated heterocycles. The Balaban J connectivity index is 1.46. The minimum atomic E-state index is -0.0563. The van der Waals surface area contributed by atoms with Crippen molar-refractivity contribution in [2.45, 2.75) is 6.54 Å². The second-order valence-electron chi connectivity index (χ2n) is 5.75. The van der Waals surface area contributed by atoms with Crippen molar-refractivity contribution in [3.63, 3.8) is 0 Å². The number of hydrogen-bond acceptors (Lipinski definition) is 5. The van der Waals surface area contributed by atoms with Crippen LogP contribution < -0.4 is 9.47 Å². The average Bonchev–Trinajstić information content (AvgIpc) is 3.22. The SMILES string of the molecule is O=C1/C(=C\C=C\c2ccc3c(c2)OCO3)SC(=S)N1Cc1ccccc1. The molecule has 2 heterocycles. The highest BCUT2D eigenvalue weighted by Crippen LogP contribution is 2.34. The lowest BCUT2D eigenvalue weighted by Gasteiger charge is -2.14. The van der Waals surface area contributed by atoms with Crippen LogP contribution in [0.3, 0.4) is 0 Å². The van der Waals surface area contributed by atoms with Crippen LogP contribution in [0, 0.1) is 0 Å². The van der Waals surface area contributed by atoms with Crippen LogP contribution in [0.4, 0.5) is 0 Å². The van der Waals surface area contributed by atoms with Crippen LogP contribution in [-0.2, 0) is 11.3 Å². The van der Waals surface area contributed by atoms with Crippen LogP contribution in [0.5, 0.6) is 11.5 Å². The van der Waals surface area contributed by atoms with Crippen LogP contribution in [0.1, 0.15) is 11.1 Å². The van der Waals surface area contributed by atoms with E-state index in [1.54, 1.807) is 11.0 Å². The third kappa shape index (κ3) is 3.52. The Labute approximate surface area is 161 Å². The van der Waals surface area contributed by atoms with Crippen molar-refractivity contribution in [3.05, 3.63) is 76.7 Å². The molecule has 0 aromatic heterocycles. The van der Waals surface area contributed by atoms with Crippen molar-refractivity contribution in [1.29, 1.82) is 0 Å². The quantitative estimate of drug-likeness (QED) is 0.581. The second kappa shape index (κ2) is 7.35. The highest BCUT2D eigenvalue weighted by molar-refractivity contribution is 8.26. The van der Waals surface area contributed by atoms with E-state index < -0.39 is 0 Å². The first-order valence-electron chi connectivity index (χ1n) is 8.06. The Morgan fingerprint density at radius 1 is 1.12 bits per heavy atom. The number of carbonyl (C=O) groups excluding carboxylic acids is 1. The van der Waals surface area contributed by atoms with E-state index in [4.69, 9.17) is 21.7 Å². The van der Waals surface area contributed by atoms with E-state index in [-0.39, 0.29) is 12.7 Å². The lowest BCUT2D eigenvalue weighted by atomic mass is 10.2. The Hall–Kier alpha value is -2.57. The summed E-state index contributed by atoms with van der Waals surface area (Å²) in [7, 11) is 0. The van der Waals surface area contributed by atoms with Crippen LogP contribution >= 0.6 is 24.0 Å². The van der Waals surface area contributed by atoms with Gasteiger partial charge in [-0.2, -0.15) is 0 Å². The van der Waals surface area contributed by atoms with Gasteiger partial charge in [0.15, 0.2) is 11.5 Å².